The number of rotatable bonds is 7. The van der Waals surface area contributed by atoms with E-state index in [0.29, 0.717) is 6.54 Å². The van der Waals surface area contributed by atoms with Crippen molar-refractivity contribution in [2.75, 3.05) is 27.7 Å². The van der Waals surface area contributed by atoms with Gasteiger partial charge in [0.15, 0.2) is 17.5 Å². The van der Waals surface area contributed by atoms with Crippen molar-refractivity contribution < 1.29 is 9.13 Å². The van der Waals surface area contributed by atoms with Crippen LogP contribution >= 0.6 is 24.0 Å². The van der Waals surface area contributed by atoms with E-state index in [0.717, 1.165) is 35.8 Å². The van der Waals surface area contributed by atoms with E-state index in [1.165, 1.54) is 38.9 Å². The number of guanidine groups is 1. The minimum absolute atomic E-state index is 0. The van der Waals surface area contributed by atoms with Crippen LogP contribution in [0, 0.1) is 23.6 Å². The van der Waals surface area contributed by atoms with E-state index >= 15 is 0 Å². The molecule has 0 amide bonds. The third-order valence-corrected chi connectivity index (χ3v) is 5.16. The molecule has 2 aliphatic carbocycles. The molecule has 3 rings (SSSR count). The molecule has 2 fully saturated rings. The highest BCUT2D eigenvalue weighted by Gasteiger charge is 2.41. The third kappa shape index (κ3) is 5.46. The highest BCUT2D eigenvalue weighted by molar-refractivity contribution is 14.0. The van der Waals surface area contributed by atoms with Gasteiger partial charge in [-0.05, 0) is 61.1 Å². The van der Waals surface area contributed by atoms with Crippen LogP contribution in [-0.4, -0.2) is 38.6 Å². The van der Waals surface area contributed by atoms with Crippen LogP contribution in [-0.2, 0) is 6.54 Å². The van der Waals surface area contributed by atoms with Gasteiger partial charge >= 0.3 is 0 Å². The molecular weight excluding hydrogens is 432 g/mol. The molecule has 4 nitrogen and oxygen atoms in total. The van der Waals surface area contributed by atoms with Gasteiger partial charge in [0.1, 0.15) is 0 Å². The number of halogens is 2. The number of aliphatic imine (C=N–C) groups is 1. The Morgan fingerprint density at radius 2 is 1.96 bits per heavy atom. The largest absolute Gasteiger partial charge is 0.494 e. The average Bonchev–Trinajstić information content (AvgIpc) is 3.46. The molecule has 0 unspecified atom stereocenters. The van der Waals surface area contributed by atoms with E-state index in [4.69, 9.17) is 4.74 Å². The predicted octanol–water partition coefficient (Wildman–Crippen LogP) is 3.90. The van der Waals surface area contributed by atoms with Gasteiger partial charge in [0.05, 0.1) is 7.11 Å². The number of benzene rings is 1. The Morgan fingerprint density at radius 1 is 1.32 bits per heavy atom. The Morgan fingerprint density at radius 3 is 2.44 bits per heavy atom. The highest BCUT2D eigenvalue weighted by Crippen LogP contribution is 2.48. The molecule has 1 N–H and O–H groups in total. The van der Waals surface area contributed by atoms with Crippen LogP contribution in [0.2, 0.25) is 0 Å². The van der Waals surface area contributed by atoms with E-state index < -0.39 is 0 Å². The zero-order valence-corrected chi connectivity index (χ0v) is 17.6. The topological polar surface area (TPSA) is 36.9 Å². The first kappa shape index (κ1) is 20.3. The Hall–Kier alpha value is -1.05. The second-order valence-corrected chi connectivity index (χ2v) is 7.09. The first-order valence-electron chi connectivity index (χ1n) is 8.86. The van der Waals surface area contributed by atoms with Crippen LogP contribution in [0.15, 0.2) is 23.2 Å². The van der Waals surface area contributed by atoms with E-state index in [1.54, 1.807) is 13.1 Å². The van der Waals surface area contributed by atoms with Crippen molar-refractivity contribution in [2.24, 2.45) is 22.7 Å². The summed E-state index contributed by atoms with van der Waals surface area (Å²) >= 11 is 0. The van der Waals surface area contributed by atoms with Crippen LogP contribution in [0.5, 0.6) is 5.75 Å². The van der Waals surface area contributed by atoms with Crippen molar-refractivity contribution >= 4 is 29.9 Å². The Kier molecular flexibility index (Phi) is 7.34. The first-order chi connectivity index (χ1) is 11.6. The average molecular weight is 461 g/mol. The molecule has 0 aromatic heterocycles. The molecule has 140 valence electrons. The number of methoxy groups -OCH3 is 1. The molecule has 6 heteroatoms. The van der Waals surface area contributed by atoms with Crippen molar-refractivity contribution in [1.82, 2.24) is 10.2 Å². The summed E-state index contributed by atoms with van der Waals surface area (Å²) in [5.41, 5.74) is 0.902. The minimum atomic E-state index is -0.325. The minimum Gasteiger partial charge on any atom is -0.494 e. The van der Waals surface area contributed by atoms with Gasteiger partial charge in [-0.15, -0.1) is 24.0 Å². The number of nitrogens with zero attached hydrogens (tertiary/aromatic N) is 2. The molecule has 0 heterocycles. The van der Waals surface area contributed by atoms with Crippen molar-refractivity contribution in [1.29, 1.82) is 0 Å². The molecule has 0 atom stereocenters. The summed E-state index contributed by atoms with van der Waals surface area (Å²) in [4.78, 5) is 6.42. The normalized spacial score (nSPS) is 17.2. The van der Waals surface area contributed by atoms with Gasteiger partial charge in [-0.2, -0.15) is 0 Å². The monoisotopic (exact) mass is 461 g/mol. The lowest BCUT2D eigenvalue weighted by Gasteiger charge is -2.25. The maximum atomic E-state index is 13.8. The van der Waals surface area contributed by atoms with Crippen molar-refractivity contribution in [2.45, 2.75) is 32.2 Å². The predicted molar refractivity (Wildman–Crippen MR) is 110 cm³/mol. The van der Waals surface area contributed by atoms with Crippen LogP contribution in [0.3, 0.4) is 0 Å². The standard InChI is InChI=1S/C19H28FN3O.HI/c1-21-19(22-11-16(14-5-6-14)15-7-8-15)23(2)12-13-4-9-18(24-3)17(20)10-13;/h4,9-10,14-16H,5-8,11-12H2,1-3H3,(H,21,22);1H. The lowest BCUT2D eigenvalue weighted by atomic mass is 9.98. The smallest absolute Gasteiger partial charge is 0.193 e. The number of hydrogen-bond acceptors (Lipinski definition) is 2. The quantitative estimate of drug-likeness (QED) is 0.380. The van der Waals surface area contributed by atoms with Crippen molar-refractivity contribution in [3.05, 3.63) is 29.6 Å². The summed E-state index contributed by atoms with van der Waals surface area (Å²) in [5, 5.41) is 3.53. The second-order valence-electron chi connectivity index (χ2n) is 7.09. The van der Waals surface area contributed by atoms with Crippen LogP contribution in [0.1, 0.15) is 31.2 Å². The summed E-state index contributed by atoms with van der Waals surface area (Å²) in [7, 11) is 5.27. The van der Waals surface area contributed by atoms with Gasteiger partial charge in [0.25, 0.3) is 0 Å². The summed E-state index contributed by atoms with van der Waals surface area (Å²) in [6.45, 7) is 1.61. The lowest BCUT2D eigenvalue weighted by molar-refractivity contribution is 0.382. The van der Waals surface area contributed by atoms with Crippen LogP contribution in [0.25, 0.3) is 0 Å². The molecule has 0 saturated heterocycles. The SMILES string of the molecule is CN=C(NCC(C1CC1)C1CC1)N(C)Cc1ccc(OC)c(F)c1.I. The molecule has 0 spiro atoms. The maximum absolute atomic E-state index is 13.8. The molecule has 1 aromatic carbocycles. The summed E-state index contributed by atoms with van der Waals surface area (Å²) < 4.78 is 18.8. The fourth-order valence-electron chi connectivity index (χ4n) is 3.52. The first-order valence-corrected chi connectivity index (χ1v) is 8.86. The Balaban J connectivity index is 0.00000225. The molecule has 1 aromatic rings. The van der Waals surface area contributed by atoms with Gasteiger partial charge in [-0.25, -0.2) is 4.39 Å². The third-order valence-electron chi connectivity index (χ3n) is 5.16. The summed E-state index contributed by atoms with van der Waals surface area (Å²) in [5.74, 6) is 3.47. The van der Waals surface area contributed by atoms with Gasteiger partial charge in [-0.1, -0.05) is 6.07 Å². The van der Waals surface area contributed by atoms with Gasteiger partial charge in [0.2, 0.25) is 0 Å². The summed E-state index contributed by atoms with van der Waals surface area (Å²) in [6.07, 6.45) is 5.57. The molecular formula is C19H29FIN3O. The zero-order valence-electron chi connectivity index (χ0n) is 15.3. The van der Waals surface area contributed by atoms with E-state index in [9.17, 15) is 4.39 Å². The molecule has 2 saturated carbocycles. The molecule has 0 aliphatic heterocycles. The zero-order chi connectivity index (χ0) is 17.1. The highest BCUT2D eigenvalue weighted by atomic mass is 127. The number of ether oxygens (including phenoxy) is 1. The van der Waals surface area contributed by atoms with Crippen molar-refractivity contribution in [3.63, 3.8) is 0 Å². The molecule has 0 bridgehead atoms. The van der Waals surface area contributed by atoms with E-state index in [1.807, 2.05) is 18.0 Å². The maximum Gasteiger partial charge on any atom is 0.193 e. The van der Waals surface area contributed by atoms with Gasteiger partial charge < -0.3 is 15.0 Å². The summed E-state index contributed by atoms with van der Waals surface area (Å²) in [6, 6.07) is 5.09. The van der Waals surface area contributed by atoms with E-state index in [-0.39, 0.29) is 35.5 Å². The van der Waals surface area contributed by atoms with Crippen LogP contribution < -0.4 is 10.1 Å². The molecule has 0 radical (unpaired) electrons. The van der Waals surface area contributed by atoms with Gasteiger partial charge in [0, 0.05) is 27.2 Å². The molecule has 2 aliphatic rings. The Labute approximate surface area is 167 Å². The lowest BCUT2D eigenvalue weighted by Crippen LogP contribution is -2.41. The van der Waals surface area contributed by atoms with Gasteiger partial charge in [-0.3, -0.25) is 4.99 Å². The number of hydrogen-bond donors (Lipinski definition) is 1. The van der Waals surface area contributed by atoms with E-state index in [2.05, 4.69) is 10.3 Å². The fraction of sp³-hybridized carbons (Fsp3) is 0.632. The van der Waals surface area contributed by atoms with Crippen LogP contribution in [0.4, 0.5) is 4.39 Å². The Bertz CT molecular complexity index is 590. The number of nitrogens with one attached hydrogen (secondary N) is 1. The van der Waals surface area contributed by atoms with Crippen molar-refractivity contribution in [3.8, 4) is 5.75 Å². The second kappa shape index (κ2) is 9.05. The molecule has 25 heavy (non-hydrogen) atoms. The fourth-order valence-corrected chi connectivity index (χ4v) is 3.52.